The second-order valence-corrected chi connectivity index (χ2v) is 22.4. The van der Waals surface area contributed by atoms with E-state index in [0.29, 0.717) is 37.4 Å². The number of ether oxygens (including phenoxy) is 1. The van der Waals surface area contributed by atoms with Crippen LogP contribution in [0.5, 0.6) is 11.5 Å². The molecule has 0 spiro atoms. The van der Waals surface area contributed by atoms with Gasteiger partial charge in [-0.2, -0.15) is 0 Å². The van der Waals surface area contributed by atoms with Gasteiger partial charge in [-0.15, -0.1) is 0 Å². The number of hydrogen-bond acceptors (Lipinski definition) is 2. The maximum absolute atomic E-state index is 9.47. The van der Waals surface area contributed by atoms with E-state index in [9.17, 15) is 5.48 Å². The van der Waals surface area contributed by atoms with Gasteiger partial charge in [0.2, 0.25) is 0 Å². The molecule has 15 aromatic rings. The minimum absolute atomic E-state index is 0.146. The van der Waals surface area contributed by atoms with Crippen molar-refractivity contribution in [2.75, 3.05) is 0 Å². The molecule has 83 heavy (non-hydrogen) atoms. The van der Waals surface area contributed by atoms with Gasteiger partial charge >= 0.3 is 453 Å². The summed E-state index contributed by atoms with van der Waals surface area (Å²) in [6, 6.07) is 68.5. The summed E-state index contributed by atoms with van der Waals surface area (Å²) in [5.41, 5.74) is 10.9. The second kappa shape index (κ2) is 20.3. The van der Waals surface area contributed by atoms with Gasteiger partial charge in [0, 0.05) is 6.20 Å². The van der Waals surface area contributed by atoms with Crippen molar-refractivity contribution in [2.45, 2.75) is 26.2 Å². The molecule has 0 aliphatic carbocycles. The van der Waals surface area contributed by atoms with Gasteiger partial charge in [0.1, 0.15) is 0 Å². The molecule has 0 saturated heterocycles. The fraction of sp³-hybridized carbons (Fsp3) is 0.0526. The summed E-state index contributed by atoms with van der Waals surface area (Å²) in [5, 5.41) is 3.61. The van der Waals surface area contributed by atoms with Gasteiger partial charge in [0.25, 0.3) is 0 Å². The molecule has 4 aromatic heterocycles. The molecule has 0 atom stereocenters. The Balaban J connectivity index is 1.09. The van der Waals surface area contributed by atoms with Gasteiger partial charge < -0.3 is 0 Å². The molecule has 0 unspecified atom stereocenters. The third kappa shape index (κ3) is 8.68. The Morgan fingerprint density at radius 3 is 1.63 bits per heavy atom. The maximum atomic E-state index is 9.47. The van der Waals surface area contributed by atoms with Gasteiger partial charge in [-0.25, -0.2) is 0 Å². The number of nitrogens with zero attached hydrogens (tertiary/aromatic N) is 5. The molecule has 0 saturated carbocycles. The second-order valence-electron chi connectivity index (χ2n) is 21.4. The predicted octanol–water partition coefficient (Wildman–Crippen LogP) is 19.5. The molecule has 0 bridgehead atoms. The molecule has 0 fully saturated rings. The van der Waals surface area contributed by atoms with Gasteiger partial charge in [-0.1, -0.05) is 32.9 Å². The topological polar surface area (TPSA) is 41.3 Å². The molecule has 0 N–H and O–H groups in total. The number of imidazole rings is 1. The molecule has 0 radical (unpaired) electrons. The number of para-hydroxylation sites is 4. The number of hydrogen-bond donors (Lipinski definition) is 0. The van der Waals surface area contributed by atoms with Crippen molar-refractivity contribution in [3.05, 3.63) is 288 Å². The Bertz CT molecular complexity index is 5550. The molecule has 400 valence electrons. The van der Waals surface area contributed by atoms with Crippen LogP contribution in [0, 0.1) is 15.9 Å². The van der Waals surface area contributed by atoms with Gasteiger partial charge in [-0.3, -0.25) is 0 Å². The van der Waals surface area contributed by atoms with Crippen molar-refractivity contribution >= 4 is 60.2 Å². The van der Waals surface area contributed by atoms with E-state index in [0.717, 1.165) is 77.4 Å². The molecule has 6 nitrogen and oxygen atoms in total. The summed E-state index contributed by atoms with van der Waals surface area (Å²) in [4.78, 5) is 4.92. The summed E-state index contributed by atoms with van der Waals surface area (Å²) in [6.45, 7) is 6.54. The van der Waals surface area contributed by atoms with Crippen molar-refractivity contribution in [3.8, 4) is 73.2 Å². The van der Waals surface area contributed by atoms with Crippen LogP contribution in [-0.2, 0) is 24.8 Å². The van der Waals surface area contributed by atoms with Gasteiger partial charge in [0.05, 0.1) is 0 Å². The normalized spacial score (nSPS) is 13.6. The van der Waals surface area contributed by atoms with E-state index in [1.165, 1.54) is 0 Å². The molecule has 0 aliphatic heterocycles. The zero-order chi connectivity index (χ0) is 64.5. The van der Waals surface area contributed by atoms with Crippen molar-refractivity contribution in [1.82, 2.24) is 23.1 Å². The van der Waals surface area contributed by atoms with Crippen LogP contribution in [0.15, 0.2) is 267 Å². The molecule has 0 aliphatic rings. The first kappa shape index (κ1) is 40.3. The average Bonchev–Trinajstić information content (AvgIpc) is 1.26. The molecular weight excluding hydrogens is 1190 g/mol. The number of aromatic nitrogens is 5. The van der Waals surface area contributed by atoms with Crippen LogP contribution < -0.4 is 4.74 Å². The zero-order valence-electron chi connectivity index (χ0n) is 55.1. The summed E-state index contributed by atoms with van der Waals surface area (Å²) >= 11 is 2.24. The molecule has 4 heterocycles. The predicted molar refractivity (Wildman–Crippen MR) is 337 cm³/mol. The van der Waals surface area contributed by atoms with Crippen LogP contribution >= 0.6 is 0 Å². The number of fused-ring (bicyclic) bond motifs is 7. The van der Waals surface area contributed by atoms with Crippen molar-refractivity contribution in [3.63, 3.8) is 0 Å². The first-order chi connectivity index (χ1) is 44.9. The molecule has 7 heteroatoms. The molecule has 15 rings (SSSR count). The Morgan fingerprint density at radius 1 is 0.446 bits per heavy atom. The van der Waals surface area contributed by atoms with Crippen LogP contribution in [0.3, 0.4) is 0 Å². The number of benzene rings is 11. The van der Waals surface area contributed by atoms with E-state index < -0.39 is 60.4 Å². The third-order valence-electron chi connectivity index (χ3n) is 15.4. The Labute approximate surface area is 506 Å². The SMILES string of the molecule is [2H]c1c([2H])c([2H])c(-c2cccc(-c3c([2H])c([2H])c([2H])c([2H])c3[2H])c2-n2[c](=[Pt])n3c4[c-]c(Oc5[c-]c6c(cc5)c5ccccc5n6-c5cc(C(C)(C)C)ccn5)ccc4n(-c4cc(-c5ccccc5)cc(-c5ccccc5)c4)c4ccccc4c4cccc2c43)c([2H])c1[2H]. The summed E-state index contributed by atoms with van der Waals surface area (Å²) < 4.78 is 107. The average molecular weight is 1260 g/mol. The Kier molecular flexibility index (Phi) is 9.86. The van der Waals surface area contributed by atoms with Crippen LogP contribution in [0.2, 0.25) is 0 Å². The summed E-state index contributed by atoms with van der Waals surface area (Å²) in [5.74, 6) is 1.48. The van der Waals surface area contributed by atoms with E-state index in [4.69, 9.17) is 17.9 Å². The van der Waals surface area contributed by atoms with E-state index in [1.807, 2.05) is 120 Å². The quantitative estimate of drug-likeness (QED) is 0.135. The fourth-order valence-electron chi connectivity index (χ4n) is 11.6. The molecule has 11 aromatic carbocycles. The van der Waals surface area contributed by atoms with Gasteiger partial charge in [-0.05, 0) is 17.0 Å². The van der Waals surface area contributed by atoms with Crippen molar-refractivity contribution in [2.24, 2.45) is 0 Å². The van der Waals surface area contributed by atoms with Crippen LogP contribution in [0.4, 0.5) is 0 Å². The van der Waals surface area contributed by atoms with E-state index in [2.05, 4.69) is 139 Å². The fourth-order valence-corrected chi connectivity index (χ4v) is 12.6. The number of rotatable bonds is 9. The van der Waals surface area contributed by atoms with Crippen LogP contribution in [0.25, 0.3) is 122 Å². The first-order valence-electron chi connectivity index (χ1n) is 32.2. The van der Waals surface area contributed by atoms with E-state index in [-0.39, 0.29) is 33.4 Å². The standard InChI is InChI=1S/C76H53N5O.Pt/c1-76(2,3)57-42-43-77-73(47-57)81-68-36-19-16-30-63(68)65-40-38-59(48-71(65)81)82-60-39-41-69-72(49-60)79-50-78(74-61(53-26-12-6-13-27-53)32-20-33-62(74)54-28-14-7-15-29-54)70-37-21-34-66(75(70)79)64-31-17-18-35-67(64)80(69)58-45-55(51-22-8-4-9-23-51)44-56(46-58)52-24-10-5-11-25-52;/h4-47H,1-3H3;/q-2;/i6D,7D,12D,13D,14D,15D,26D,27D,28D,29D;. The monoisotopic (exact) mass is 1260 g/mol. The number of pyridine rings is 1. The van der Waals surface area contributed by atoms with E-state index >= 15 is 0 Å². The van der Waals surface area contributed by atoms with Crippen LogP contribution in [-0.4, -0.2) is 23.1 Å². The molecule has 0 amide bonds. The van der Waals surface area contributed by atoms with Crippen LogP contribution in [0.1, 0.15) is 40.0 Å². The van der Waals surface area contributed by atoms with Crippen molar-refractivity contribution < 1.29 is 37.8 Å². The molecular formula is C76H53N5OPt-2. The van der Waals surface area contributed by atoms with Gasteiger partial charge in [0.15, 0.2) is 0 Å². The zero-order valence-corrected chi connectivity index (χ0v) is 47.4. The Hall–Kier alpha value is -9.87. The van der Waals surface area contributed by atoms with Crippen molar-refractivity contribution in [1.29, 1.82) is 0 Å². The minimum atomic E-state index is -0.583. The third-order valence-corrected chi connectivity index (χ3v) is 16.4. The van der Waals surface area contributed by atoms with E-state index in [1.54, 1.807) is 18.2 Å². The summed E-state index contributed by atoms with van der Waals surface area (Å²) in [6.07, 6.45) is 1.85. The Morgan fingerprint density at radius 2 is 0.988 bits per heavy atom. The first-order valence-corrected chi connectivity index (χ1v) is 28.3. The summed E-state index contributed by atoms with van der Waals surface area (Å²) in [7, 11) is 0.